The number of nitrogens with one attached hydrogen (secondary N) is 1. The summed E-state index contributed by atoms with van der Waals surface area (Å²) in [6, 6.07) is 12.9. The zero-order valence-corrected chi connectivity index (χ0v) is 14.4. The molecule has 3 aromatic rings. The molecule has 1 N–H and O–H groups in total. The van der Waals surface area contributed by atoms with Gasteiger partial charge in [0.05, 0.1) is 18.2 Å². The van der Waals surface area contributed by atoms with Crippen LogP contribution in [0.4, 0.5) is 5.69 Å². The third kappa shape index (κ3) is 3.19. The van der Waals surface area contributed by atoms with Crippen molar-refractivity contribution in [3.05, 3.63) is 64.3 Å². The average molecular weight is 341 g/mol. The minimum Gasteiger partial charge on any atom is -0.497 e. The van der Waals surface area contributed by atoms with E-state index in [2.05, 4.69) is 10.3 Å². The summed E-state index contributed by atoms with van der Waals surface area (Å²) < 4.78 is 5.10. The van der Waals surface area contributed by atoms with E-state index < -0.39 is 0 Å². The van der Waals surface area contributed by atoms with Gasteiger partial charge in [-0.25, -0.2) is 4.98 Å². The van der Waals surface area contributed by atoms with E-state index in [9.17, 15) is 4.79 Å². The lowest BCUT2D eigenvalue weighted by Crippen LogP contribution is -2.13. The molecule has 0 spiro atoms. The zero-order valence-electron chi connectivity index (χ0n) is 13.7. The van der Waals surface area contributed by atoms with E-state index in [-0.39, 0.29) is 11.1 Å². The number of fused-ring (bicyclic) bond motifs is 1. The van der Waals surface area contributed by atoms with Crippen molar-refractivity contribution in [3.8, 4) is 5.75 Å². The third-order valence-electron chi connectivity index (χ3n) is 3.80. The number of amides is 1. The van der Waals surface area contributed by atoms with Crippen molar-refractivity contribution in [2.24, 2.45) is 0 Å². The molecular formula is C19H17ClN2O2. The van der Waals surface area contributed by atoms with Gasteiger partial charge in [-0.3, -0.25) is 4.79 Å². The molecule has 1 amide bonds. The van der Waals surface area contributed by atoms with Gasteiger partial charge in [0.25, 0.3) is 5.91 Å². The van der Waals surface area contributed by atoms with Crippen LogP contribution in [0.15, 0.2) is 42.5 Å². The van der Waals surface area contributed by atoms with Crippen LogP contribution in [0.25, 0.3) is 10.9 Å². The summed E-state index contributed by atoms with van der Waals surface area (Å²) in [4.78, 5) is 16.9. The fourth-order valence-electron chi connectivity index (χ4n) is 2.66. The van der Waals surface area contributed by atoms with Crippen molar-refractivity contribution >= 4 is 34.1 Å². The molecule has 0 fully saturated rings. The van der Waals surface area contributed by atoms with Crippen LogP contribution in [-0.4, -0.2) is 18.0 Å². The van der Waals surface area contributed by atoms with Crippen molar-refractivity contribution < 1.29 is 9.53 Å². The number of pyridine rings is 1. The summed E-state index contributed by atoms with van der Waals surface area (Å²) in [6.45, 7) is 3.99. The molecule has 24 heavy (non-hydrogen) atoms. The quantitative estimate of drug-likeness (QED) is 0.699. The highest BCUT2D eigenvalue weighted by molar-refractivity contribution is 6.33. The molecule has 2 aromatic carbocycles. The van der Waals surface area contributed by atoms with Gasteiger partial charge in [-0.05, 0) is 55.8 Å². The Morgan fingerprint density at radius 1 is 1.12 bits per heavy atom. The molecular weight excluding hydrogens is 324 g/mol. The van der Waals surface area contributed by atoms with Gasteiger partial charge in [-0.15, -0.1) is 0 Å². The summed E-state index contributed by atoms with van der Waals surface area (Å²) in [6.07, 6.45) is 0. The van der Waals surface area contributed by atoms with Crippen LogP contribution in [0.1, 0.15) is 21.5 Å². The third-order valence-corrected chi connectivity index (χ3v) is 4.09. The zero-order chi connectivity index (χ0) is 17.3. The molecule has 4 nitrogen and oxygen atoms in total. The van der Waals surface area contributed by atoms with Gasteiger partial charge in [0.2, 0.25) is 0 Å². The fourth-order valence-corrected chi connectivity index (χ4v) is 2.89. The van der Waals surface area contributed by atoms with Gasteiger partial charge in [0.15, 0.2) is 0 Å². The number of hydrogen-bond donors (Lipinski definition) is 1. The lowest BCUT2D eigenvalue weighted by molar-refractivity contribution is 0.102. The summed E-state index contributed by atoms with van der Waals surface area (Å²) in [5.41, 5.74) is 3.98. The normalized spacial score (nSPS) is 10.7. The Labute approximate surface area is 145 Å². The predicted octanol–water partition coefficient (Wildman–Crippen LogP) is 4.77. The van der Waals surface area contributed by atoms with Crippen LogP contribution < -0.4 is 10.1 Å². The van der Waals surface area contributed by atoms with Crippen molar-refractivity contribution in [1.29, 1.82) is 0 Å². The molecule has 0 saturated heterocycles. The second-order valence-electron chi connectivity index (χ2n) is 5.66. The molecule has 0 atom stereocenters. The lowest BCUT2D eigenvalue weighted by atomic mass is 10.1. The standard InChI is InChI=1S/C19H17ClN2O2/c1-11-8-12(2)17-13(9-11)10-16(18(20)22-17)19(23)21-14-4-6-15(24-3)7-5-14/h4-10H,1-3H3,(H,21,23). The van der Waals surface area contributed by atoms with Crippen LogP contribution in [0.5, 0.6) is 5.75 Å². The maximum absolute atomic E-state index is 12.5. The Hall–Kier alpha value is -2.59. The number of aryl methyl sites for hydroxylation is 2. The predicted molar refractivity (Wildman–Crippen MR) is 97.2 cm³/mol. The largest absolute Gasteiger partial charge is 0.497 e. The Morgan fingerprint density at radius 3 is 2.50 bits per heavy atom. The van der Waals surface area contributed by atoms with Crippen LogP contribution in [-0.2, 0) is 0 Å². The van der Waals surface area contributed by atoms with Crippen molar-refractivity contribution in [3.63, 3.8) is 0 Å². The summed E-state index contributed by atoms with van der Waals surface area (Å²) in [7, 11) is 1.60. The molecule has 1 aromatic heterocycles. The molecule has 5 heteroatoms. The van der Waals surface area contributed by atoms with E-state index in [1.165, 1.54) is 0 Å². The number of halogens is 1. The fraction of sp³-hybridized carbons (Fsp3) is 0.158. The van der Waals surface area contributed by atoms with Crippen LogP contribution >= 0.6 is 11.6 Å². The molecule has 0 unspecified atom stereocenters. The highest BCUT2D eigenvalue weighted by atomic mass is 35.5. The first-order valence-electron chi connectivity index (χ1n) is 7.51. The SMILES string of the molecule is COc1ccc(NC(=O)c2cc3cc(C)cc(C)c3nc2Cl)cc1. The van der Waals surface area contributed by atoms with Crippen molar-refractivity contribution in [2.75, 3.05) is 12.4 Å². The smallest absolute Gasteiger partial charge is 0.258 e. The number of rotatable bonds is 3. The summed E-state index contributed by atoms with van der Waals surface area (Å²) in [5.74, 6) is 0.433. The Balaban J connectivity index is 1.95. The first kappa shape index (κ1) is 16.3. The minimum atomic E-state index is -0.293. The topological polar surface area (TPSA) is 51.2 Å². The van der Waals surface area contributed by atoms with Crippen molar-refractivity contribution in [1.82, 2.24) is 4.98 Å². The maximum atomic E-state index is 12.5. The number of nitrogens with zero attached hydrogens (tertiary/aromatic N) is 1. The van der Waals surface area contributed by atoms with Gasteiger partial charge in [-0.1, -0.05) is 23.2 Å². The molecule has 0 bridgehead atoms. The Bertz CT molecular complexity index is 921. The van der Waals surface area contributed by atoms with E-state index in [4.69, 9.17) is 16.3 Å². The maximum Gasteiger partial charge on any atom is 0.258 e. The monoisotopic (exact) mass is 340 g/mol. The highest BCUT2D eigenvalue weighted by Crippen LogP contribution is 2.25. The average Bonchev–Trinajstić information content (AvgIpc) is 2.55. The van der Waals surface area contributed by atoms with E-state index in [1.807, 2.05) is 26.0 Å². The van der Waals surface area contributed by atoms with E-state index in [0.717, 1.165) is 27.8 Å². The molecule has 122 valence electrons. The van der Waals surface area contributed by atoms with Gasteiger partial charge in [0, 0.05) is 11.1 Å². The van der Waals surface area contributed by atoms with E-state index >= 15 is 0 Å². The van der Waals surface area contributed by atoms with Gasteiger partial charge in [-0.2, -0.15) is 0 Å². The number of anilines is 1. The molecule has 0 saturated carbocycles. The van der Waals surface area contributed by atoms with Crippen LogP contribution in [0.3, 0.4) is 0 Å². The highest BCUT2D eigenvalue weighted by Gasteiger charge is 2.14. The van der Waals surface area contributed by atoms with Crippen LogP contribution in [0.2, 0.25) is 5.15 Å². The molecule has 0 radical (unpaired) electrons. The van der Waals surface area contributed by atoms with E-state index in [1.54, 1.807) is 37.4 Å². The second-order valence-corrected chi connectivity index (χ2v) is 6.02. The Morgan fingerprint density at radius 2 is 1.83 bits per heavy atom. The number of methoxy groups -OCH3 is 1. The first-order valence-corrected chi connectivity index (χ1v) is 7.88. The molecule has 0 aliphatic carbocycles. The van der Waals surface area contributed by atoms with E-state index in [0.29, 0.717) is 11.3 Å². The Kier molecular flexibility index (Phi) is 4.40. The molecule has 0 aliphatic rings. The number of aromatic nitrogens is 1. The number of hydrogen-bond acceptors (Lipinski definition) is 3. The van der Waals surface area contributed by atoms with Crippen LogP contribution in [0, 0.1) is 13.8 Å². The lowest BCUT2D eigenvalue weighted by Gasteiger charge is -2.10. The van der Waals surface area contributed by atoms with Gasteiger partial charge >= 0.3 is 0 Å². The minimum absolute atomic E-state index is 0.195. The summed E-state index contributed by atoms with van der Waals surface area (Å²) >= 11 is 6.23. The van der Waals surface area contributed by atoms with Gasteiger partial charge in [0.1, 0.15) is 10.9 Å². The van der Waals surface area contributed by atoms with Crippen molar-refractivity contribution in [2.45, 2.75) is 13.8 Å². The number of benzene rings is 2. The molecule has 3 rings (SSSR count). The second kappa shape index (κ2) is 6.49. The number of ether oxygens (including phenoxy) is 1. The molecule has 1 heterocycles. The molecule has 0 aliphatic heterocycles. The van der Waals surface area contributed by atoms with Gasteiger partial charge < -0.3 is 10.1 Å². The summed E-state index contributed by atoms with van der Waals surface area (Å²) in [5, 5.41) is 3.92. The first-order chi connectivity index (χ1) is 11.5. The number of carbonyl (C=O) groups excluding carboxylic acids is 1. The number of carbonyl (C=O) groups is 1.